The zero-order chi connectivity index (χ0) is 16.5. The van der Waals surface area contributed by atoms with Crippen LogP contribution in [0.4, 0.5) is 5.69 Å². The molecule has 0 saturated heterocycles. The number of halogens is 1. The van der Waals surface area contributed by atoms with Gasteiger partial charge in [-0.15, -0.1) is 12.4 Å². The third kappa shape index (κ3) is 3.55. The summed E-state index contributed by atoms with van der Waals surface area (Å²) in [6.45, 7) is 0. The molecule has 1 aliphatic carbocycles. The minimum absolute atomic E-state index is 0. The molecule has 0 bridgehead atoms. The standard InChI is InChI=1S/C20H21N3O.ClH/c21-18(11-15-12-22-19-7-2-1-6-17(15)19)20(24)23-16-9-8-13-4-3-5-14(13)10-16;/h1-2,6-10,12,18,22H,3-5,11,21H2,(H,23,24);1H/t18-;/m0./s1. The third-order valence-corrected chi connectivity index (χ3v) is 4.82. The van der Waals surface area contributed by atoms with E-state index in [0.29, 0.717) is 6.42 Å². The zero-order valence-electron chi connectivity index (χ0n) is 13.9. The van der Waals surface area contributed by atoms with Crippen molar-refractivity contribution in [2.45, 2.75) is 31.7 Å². The molecule has 4 N–H and O–H groups in total. The fourth-order valence-electron chi connectivity index (χ4n) is 3.51. The van der Waals surface area contributed by atoms with Gasteiger partial charge < -0.3 is 16.0 Å². The number of nitrogens with two attached hydrogens (primary N) is 1. The molecule has 0 unspecified atom stereocenters. The molecule has 1 atom stereocenters. The van der Waals surface area contributed by atoms with Gasteiger partial charge in [0.25, 0.3) is 0 Å². The van der Waals surface area contributed by atoms with Gasteiger partial charge in [-0.25, -0.2) is 0 Å². The lowest BCUT2D eigenvalue weighted by Gasteiger charge is -2.13. The van der Waals surface area contributed by atoms with Gasteiger partial charge in [0.05, 0.1) is 6.04 Å². The lowest BCUT2D eigenvalue weighted by molar-refractivity contribution is -0.117. The van der Waals surface area contributed by atoms with Gasteiger partial charge in [-0.1, -0.05) is 24.3 Å². The molecule has 4 nitrogen and oxygen atoms in total. The molecule has 1 amide bonds. The molecule has 0 saturated carbocycles. The van der Waals surface area contributed by atoms with Crippen LogP contribution in [0.5, 0.6) is 0 Å². The van der Waals surface area contributed by atoms with Gasteiger partial charge in [-0.2, -0.15) is 0 Å². The van der Waals surface area contributed by atoms with Gasteiger partial charge in [0.2, 0.25) is 5.91 Å². The van der Waals surface area contributed by atoms with Crippen molar-refractivity contribution in [1.82, 2.24) is 4.98 Å². The minimum atomic E-state index is -0.572. The molecule has 2 aromatic carbocycles. The summed E-state index contributed by atoms with van der Waals surface area (Å²) in [4.78, 5) is 15.7. The molecule has 0 aliphatic heterocycles. The highest BCUT2D eigenvalue weighted by atomic mass is 35.5. The van der Waals surface area contributed by atoms with E-state index in [1.54, 1.807) is 0 Å². The number of H-pyrrole nitrogens is 1. The number of aromatic amines is 1. The number of benzene rings is 2. The van der Waals surface area contributed by atoms with Crippen molar-refractivity contribution in [2.24, 2.45) is 5.73 Å². The molecule has 0 fully saturated rings. The number of para-hydroxylation sites is 1. The molecule has 1 aromatic heterocycles. The van der Waals surface area contributed by atoms with E-state index in [-0.39, 0.29) is 18.3 Å². The highest BCUT2D eigenvalue weighted by molar-refractivity contribution is 5.95. The summed E-state index contributed by atoms with van der Waals surface area (Å²) in [6, 6.07) is 13.7. The van der Waals surface area contributed by atoms with Crippen LogP contribution in [0.25, 0.3) is 10.9 Å². The van der Waals surface area contributed by atoms with E-state index in [2.05, 4.69) is 22.4 Å². The average molecular weight is 356 g/mol. The quantitative estimate of drug-likeness (QED) is 0.669. The Morgan fingerprint density at radius 3 is 2.84 bits per heavy atom. The number of amides is 1. The van der Waals surface area contributed by atoms with Gasteiger partial charge in [0.1, 0.15) is 0 Å². The van der Waals surface area contributed by atoms with Gasteiger partial charge in [0.15, 0.2) is 0 Å². The molecule has 0 radical (unpaired) electrons. The number of fused-ring (bicyclic) bond motifs is 2. The Balaban J connectivity index is 0.00000182. The van der Waals surface area contributed by atoms with Crippen molar-refractivity contribution in [1.29, 1.82) is 0 Å². The van der Waals surface area contributed by atoms with Crippen LogP contribution in [0.1, 0.15) is 23.1 Å². The number of hydrogen-bond donors (Lipinski definition) is 3. The highest BCUT2D eigenvalue weighted by Gasteiger charge is 2.17. The molecular weight excluding hydrogens is 334 g/mol. The van der Waals surface area contributed by atoms with Crippen LogP contribution in [0.15, 0.2) is 48.7 Å². The number of carbonyl (C=O) groups excluding carboxylic acids is 1. The summed E-state index contributed by atoms with van der Waals surface area (Å²) in [6.07, 6.45) is 5.89. The van der Waals surface area contributed by atoms with Crippen LogP contribution in [0.2, 0.25) is 0 Å². The Kier molecular flexibility index (Phi) is 5.11. The van der Waals surface area contributed by atoms with Crippen molar-refractivity contribution >= 4 is 34.9 Å². The Labute approximate surface area is 153 Å². The van der Waals surface area contributed by atoms with Crippen LogP contribution < -0.4 is 11.1 Å². The Hall–Kier alpha value is -2.30. The summed E-state index contributed by atoms with van der Waals surface area (Å²) < 4.78 is 0. The molecule has 5 heteroatoms. The van der Waals surface area contributed by atoms with Crippen LogP contribution in [-0.2, 0) is 24.1 Å². The van der Waals surface area contributed by atoms with Crippen LogP contribution in [0.3, 0.4) is 0 Å². The second kappa shape index (κ2) is 7.30. The molecule has 130 valence electrons. The van der Waals surface area contributed by atoms with Crippen LogP contribution in [-0.4, -0.2) is 16.9 Å². The summed E-state index contributed by atoms with van der Waals surface area (Å²) in [5.41, 5.74) is 11.9. The number of anilines is 1. The van der Waals surface area contributed by atoms with Crippen molar-refractivity contribution in [3.8, 4) is 0 Å². The predicted molar refractivity (Wildman–Crippen MR) is 104 cm³/mol. The second-order valence-electron chi connectivity index (χ2n) is 6.50. The molecule has 1 aliphatic rings. The SMILES string of the molecule is Cl.N[C@@H](Cc1c[nH]c2ccccc12)C(=O)Nc1ccc2c(c1)CCC2. The number of nitrogens with one attached hydrogen (secondary N) is 2. The van der Waals surface area contributed by atoms with Crippen molar-refractivity contribution in [3.63, 3.8) is 0 Å². The van der Waals surface area contributed by atoms with Gasteiger partial charge in [0, 0.05) is 22.8 Å². The first-order valence-electron chi connectivity index (χ1n) is 8.44. The molecule has 0 spiro atoms. The monoisotopic (exact) mass is 355 g/mol. The number of hydrogen-bond acceptors (Lipinski definition) is 2. The third-order valence-electron chi connectivity index (χ3n) is 4.82. The molecule has 3 aromatic rings. The van der Waals surface area contributed by atoms with Crippen molar-refractivity contribution < 1.29 is 4.79 Å². The first-order chi connectivity index (χ1) is 11.7. The van der Waals surface area contributed by atoms with E-state index < -0.39 is 6.04 Å². The number of aryl methyl sites for hydroxylation is 2. The summed E-state index contributed by atoms with van der Waals surface area (Å²) in [5, 5.41) is 4.08. The topological polar surface area (TPSA) is 70.9 Å². The van der Waals surface area contributed by atoms with Crippen LogP contribution >= 0.6 is 12.4 Å². The van der Waals surface area contributed by atoms with E-state index >= 15 is 0 Å². The molecular formula is C20H22ClN3O. The van der Waals surface area contributed by atoms with Crippen molar-refractivity contribution in [3.05, 3.63) is 65.4 Å². The van der Waals surface area contributed by atoms with E-state index in [1.807, 2.05) is 36.5 Å². The second-order valence-corrected chi connectivity index (χ2v) is 6.50. The predicted octanol–water partition coefficient (Wildman–Crippen LogP) is 3.59. The smallest absolute Gasteiger partial charge is 0.241 e. The van der Waals surface area contributed by atoms with E-state index in [9.17, 15) is 4.79 Å². The van der Waals surface area contributed by atoms with Crippen molar-refractivity contribution in [2.75, 3.05) is 5.32 Å². The number of rotatable bonds is 4. The largest absolute Gasteiger partial charge is 0.361 e. The molecule has 1 heterocycles. The molecule has 25 heavy (non-hydrogen) atoms. The average Bonchev–Trinajstić information content (AvgIpc) is 3.21. The summed E-state index contributed by atoms with van der Waals surface area (Å²) in [5.74, 6) is -0.141. The number of aromatic nitrogens is 1. The minimum Gasteiger partial charge on any atom is -0.361 e. The van der Waals surface area contributed by atoms with Gasteiger partial charge in [-0.05, 0) is 60.6 Å². The first kappa shape index (κ1) is 17.5. The Morgan fingerprint density at radius 1 is 1.16 bits per heavy atom. The first-order valence-corrected chi connectivity index (χ1v) is 8.44. The van der Waals surface area contributed by atoms with E-state index in [1.165, 1.54) is 17.5 Å². The summed E-state index contributed by atoms with van der Waals surface area (Å²) in [7, 11) is 0. The van der Waals surface area contributed by atoms with E-state index in [4.69, 9.17) is 5.73 Å². The van der Waals surface area contributed by atoms with Crippen LogP contribution in [0, 0.1) is 0 Å². The van der Waals surface area contributed by atoms with Gasteiger partial charge >= 0.3 is 0 Å². The Morgan fingerprint density at radius 2 is 1.96 bits per heavy atom. The maximum atomic E-state index is 12.4. The van der Waals surface area contributed by atoms with E-state index in [0.717, 1.165) is 35.0 Å². The zero-order valence-corrected chi connectivity index (χ0v) is 14.7. The lowest BCUT2D eigenvalue weighted by atomic mass is 10.0. The maximum Gasteiger partial charge on any atom is 0.241 e. The molecule has 4 rings (SSSR count). The summed E-state index contributed by atoms with van der Waals surface area (Å²) >= 11 is 0. The lowest BCUT2D eigenvalue weighted by Crippen LogP contribution is -2.37. The number of carbonyl (C=O) groups is 1. The Bertz CT molecular complexity index is 903. The fourth-order valence-corrected chi connectivity index (χ4v) is 3.51. The normalized spacial score (nSPS) is 14.0. The fraction of sp³-hybridized carbons (Fsp3) is 0.250. The highest BCUT2D eigenvalue weighted by Crippen LogP contribution is 2.25. The van der Waals surface area contributed by atoms with Gasteiger partial charge in [-0.3, -0.25) is 4.79 Å². The maximum absolute atomic E-state index is 12.4.